The molecule has 0 aromatic heterocycles. The van der Waals surface area contributed by atoms with Crippen molar-refractivity contribution in [2.45, 2.75) is 54.4 Å². The quantitative estimate of drug-likeness (QED) is 0.0646. The number of benzene rings is 4. The van der Waals surface area contributed by atoms with Gasteiger partial charge in [-0.1, -0.05) is 53.9 Å². The summed E-state index contributed by atoms with van der Waals surface area (Å²) in [6.45, 7) is 5.17. The summed E-state index contributed by atoms with van der Waals surface area (Å²) in [6, 6.07) is 28.8. The van der Waals surface area contributed by atoms with E-state index in [9.17, 15) is 23.3 Å². The van der Waals surface area contributed by atoms with Crippen LogP contribution in [0, 0.1) is 10.1 Å². The maximum Gasteiger partial charge on any atom is 0.291 e. The average Bonchev–Trinajstić information content (AvgIpc) is 3.45. The van der Waals surface area contributed by atoms with Gasteiger partial charge < -0.3 is 15.1 Å². The molecule has 302 valence electrons. The SMILES string of the molecule is CN(C)CC[C@H](CSc1ccccc1)Nc1ccc(S(=O)(=O)NC(=O)c2ccc(N3CCN(CC4=C(c5ccc(Cl)cc5)CCCCC4)CC3)cc2)c([N+](=O)[O-])c1. The molecule has 1 atom stereocenters. The molecule has 57 heavy (non-hydrogen) atoms. The maximum atomic E-state index is 13.4. The van der Waals surface area contributed by atoms with Crippen LogP contribution in [0.15, 0.2) is 112 Å². The van der Waals surface area contributed by atoms with Crippen molar-refractivity contribution in [3.63, 3.8) is 0 Å². The molecule has 4 aromatic carbocycles. The van der Waals surface area contributed by atoms with Crippen molar-refractivity contribution >= 4 is 61.9 Å². The van der Waals surface area contributed by atoms with Crippen LogP contribution < -0.4 is 14.9 Å². The third kappa shape index (κ3) is 11.8. The number of rotatable bonds is 16. The molecule has 0 saturated carbocycles. The van der Waals surface area contributed by atoms with E-state index in [2.05, 4.69) is 36.9 Å². The number of halogens is 1. The lowest BCUT2D eigenvalue weighted by Gasteiger charge is -2.37. The Balaban J connectivity index is 1.06. The Hall–Kier alpha value is -4.40. The Bertz CT molecular complexity index is 2130. The number of nitro benzene ring substituents is 1. The monoisotopic (exact) mass is 830 g/mol. The van der Waals surface area contributed by atoms with Crippen molar-refractivity contribution in [3.05, 3.63) is 129 Å². The highest BCUT2D eigenvalue weighted by molar-refractivity contribution is 7.99. The number of amides is 1. The van der Waals surface area contributed by atoms with Crippen LogP contribution in [0.3, 0.4) is 0 Å². The Morgan fingerprint density at radius 3 is 2.30 bits per heavy atom. The number of thioether (sulfide) groups is 1. The number of allylic oxidation sites excluding steroid dienone is 1. The summed E-state index contributed by atoms with van der Waals surface area (Å²) in [5.74, 6) is -0.167. The smallest absolute Gasteiger partial charge is 0.291 e. The number of piperazine rings is 1. The van der Waals surface area contributed by atoms with Crippen LogP contribution in [0.1, 0.15) is 54.4 Å². The number of anilines is 2. The summed E-state index contributed by atoms with van der Waals surface area (Å²) in [6.07, 6.45) is 6.62. The van der Waals surface area contributed by atoms with Crippen LogP contribution in [0.5, 0.6) is 0 Å². The number of nitro groups is 1. The molecule has 11 nitrogen and oxygen atoms in total. The van der Waals surface area contributed by atoms with Gasteiger partial charge in [0.2, 0.25) is 0 Å². The Morgan fingerprint density at radius 1 is 0.912 bits per heavy atom. The van der Waals surface area contributed by atoms with Gasteiger partial charge in [-0.2, -0.15) is 0 Å². The lowest BCUT2D eigenvalue weighted by atomic mass is 9.95. The first-order chi connectivity index (χ1) is 27.4. The minimum absolute atomic E-state index is 0.0518. The average molecular weight is 832 g/mol. The van der Waals surface area contributed by atoms with Gasteiger partial charge in [0.05, 0.1) is 4.92 Å². The highest BCUT2D eigenvalue weighted by Gasteiger charge is 2.29. The van der Waals surface area contributed by atoms with Crippen molar-refractivity contribution in [1.29, 1.82) is 0 Å². The molecule has 0 unspecified atom stereocenters. The fraction of sp³-hybridized carbons (Fsp3) is 0.372. The van der Waals surface area contributed by atoms with E-state index in [0.717, 1.165) is 74.1 Å². The number of sulfonamides is 1. The minimum atomic E-state index is -4.58. The van der Waals surface area contributed by atoms with Crippen molar-refractivity contribution < 1.29 is 18.1 Å². The molecule has 1 amide bonds. The van der Waals surface area contributed by atoms with E-state index in [1.807, 2.05) is 68.7 Å². The van der Waals surface area contributed by atoms with E-state index in [1.54, 1.807) is 23.9 Å². The molecule has 14 heteroatoms. The van der Waals surface area contributed by atoms with Gasteiger partial charge in [0.25, 0.3) is 21.6 Å². The van der Waals surface area contributed by atoms with Gasteiger partial charge in [-0.15, -0.1) is 11.8 Å². The van der Waals surface area contributed by atoms with Crippen LogP contribution in [0.4, 0.5) is 17.1 Å². The number of carbonyl (C=O) groups is 1. The van der Waals surface area contributed by atoms with Crippen LogP contribution in [-0.2, 0) is 10.0 Å². The lowest BCUT2D eigenvalue weighted by Crippen LogP contribution is -2.47. The third-order valence-electron chi connectivity index (χ3n) is 10.5. The fourth-order valence-corrected chi connectivity index (χ4v) is 9.60. The van der Waals surface area contributed by atoms with Crippen LogP contribution >= 0.6 is 23.4 Å². The zero-order valence-corrected chi connectivity index (χ0v) is 34.9. The molecule has 6 rings (SSSR count). The lowest BCUT2D eigenvalue weighted by molar-refractivity contribution is -0.387. The summed E-state index contributed by atoms with van der Waals surface area (Å²) in [7, 11) is -0.619. The zero-order chi connectivity index (χ0) is 40.4. The predicted molar refractivity (Wildman–Crippen MR) is 232 cm³/mol. The summed E-state index contributed by atoms with van der Waals surface area (Å²) in [5.41, 5.74) is 5.12. The molecule has 1 heterocycles. The van der Waals surface area contributed by atoms with Gasteiger partial charge in [-0.05, 0) is 125 Å². The highest BCUT2D eigenvalue weighted by atomic mass is 35.5. The molecule has 4 aromatic rings. The normalized spacial score (nSPS) is 16.0. The maximum absolute atomic E-state index is 13.4. The first-order valence-electron chi connectivity index (χ1n) is 19.4. The van der Waals surface area contributed by atoms with Crippen molar-refractivity contribution in [1.82, 2.24) is 14.5 Å². The van der Waals surface area contributed by atoms with Crippen LogP contribution in [0.2, 0.25) is 5.02 Å². The standard InChI is InChI=1S/C43H51ClN6O5S2/c1-47(2)24-23-37(31-56-39-10-6-4-7-11-39)45-36-19-22-42(41(29-36)50(52)53)57(54,55)46-43(51)33-15-20-38(21-16-33)49-27-25-48(26-28-49)30-34-9-5-3-8-12-40(34)32-13-17-35(44)18-14-32/h4,6-7,10-11,13-22,29,37,45H,3,5,8-9,12,23-28,30-31H2,1-2H3,(H,46,51)/t37-/m1/s1. The molecule has 0 spiro atoms. The van der Waals surface area contributed by atoms with E-state index in [0.29, 0.717) is 11.4 Å². The largest absolute Gasteiger partial charge is 0.381 e. The van der Waals surface area contributed by atoms with Crippen molar-refractivity contribution in [3.8, 4) is 0 Å². The fourth-order valence-electron chi connectivity index (χ4n) is 7.35. The van der Waals surface area contributed by atoms with Gasteiger partial charge in [-0.3, -0.25) is 19.8 Å². The van der Waals surface area contributed by atoms with Gasteiger partial charge in [0.15, 0.2) is 4.90 Å². The number of carbonyl (C=O) groups excluding carboxylic acids is 1. The second kappa shape index (κ2) is 19.8. The Labute approximate surface area is 345 Å². The Kier molecular flexibility index (Phi) is 14.7. The molecule has 1 aliphatic heterocycles. The van der Waals surface area contributed by atoms with Gasteiger partial charge in [0, 0.05) is 77.4 Å². The molecule has 1 fully saturated rings. The molecular formula is C43H51ClN6O5S2. The van der Waals surface area contributed by atoms with Gasteiger partial charge >= 0.3 is 0 Å². The van der Waals surface area contributed by atoms with Crippen molar-refractivity contribution in [2.24, 2.45) is 0 Å². The number of hydrogen-bond acceptors (Lipinski definition) is 10. The molecule has 1 aliphatic carbocycles. The number of nitrogens with zero attached hydrogens (tertiary/aromatic N) is 4. The zero-order valence-electron chi connectivity index (χ0n) is 32.5. The molecule has 0 radical (unpaired) electrons. The first kappa shape index (κ1) is 42.2. The van der Waals surface area contributed by atoms with Gasteiger partial charge in [0.1, 0.15) is 0 Å². The highest BCUT2D eigenvalue weighted by Crippen LogP contribution is 2.33. The van der Waals surface area contributed by atoms with E-state index in [1.165, 1.54) is 54.2 Å². The topological polar surface area (TPSA) is 128 Å². The molecule has 0 bridgehead atoms. The second-order valence-corrected chi connectivity index (χ2v) is 18.1. The van der Waals surface area contributed by atoms with E-state index >= 15 is 0 Å². The summed E-state index contributed by atoms with van der Waals surface area (Å²) in [4.78, 5) is 32.0. The summed E-state index contributed by atoms with van der Waals surface area (Å²) in [5, 5.41) is 16.3. The molecular weight excluding hydrogens is 780 g/mol. The third-order valence-corrected chi connectivity index (χ3v) is 13.3. The van der Waals surface area contributed by atoms with Crippen molar-refractivity contribution in [2.75, 3.05) is 69.3 Å². The van der Waals surface area contributed by atoms with E-state index in [-0.39, 0.29) is 11.6 Å². The predicted octanol–water partition coefficient (Wildman–Crippen LogP) is 8.43. The molecule has 2 aliphatic rings. The number of hydrogen-bond donors (Lipinski definition) is 2. The van der Waals surface area contributed by atoms with E-state index in [4.69, 9.17) is 11.6 Å². The summed E-state index contributed by atoms with van der Waals surface area (Å²) < 4.78 is 28.9. The second-order valence-electron chi connectivity index (χ2n) is 14.9. The minimum Gasteiger partial charge on any atom is -0.381 e. The first-order valence-corrected chi connectivity index (χ1v) is 22.3. The number of nitrogens with one attached hydrogen (secondary N) is 2. The van der Waals surface area contributed by atoms with E-state index < -0.39 is 31.4 Å². The summed E-state index contributed by atoms with van der Waals surface area (Å²) >= 11 is 7.85. The molecule has 1 saturated heterocycles. The molecule has 2 N–H and O–H groups in total. The van der Waals surface area contributed by atoms with Crippen LogP contribution in [-0.4, -0.2) is 94.2 Å². The van der Waals surface area contributed by atoms with Crippen LogP contribution in [0.25, 0.3) is 5.57 Å². The van der Waals surface area contributed by atoms with Gasteiger partial charge in [-0.25, -0.2) is 13.1 Å². The Morgan fingerprint density at radius 2 is 1.61 bits per heavy atom.